The Bertz CT molecular complexity index is 717. The summed E-state index contributed by atoms with van der Waals surface area (Å²) >= 11 is 0. The number of hydrogen-bond donors (Lipinski definition) is 0. The van der Waals surface area contributed by atoms with Crippen LogP contribution in [0.1, 0.15) is 62.2 Å². The number of fused-ring (bicyclic) bond motifs is 1. The third kappa shape index (κ3) is 4.04. The van der Waals surface area contributed by atoms with E-state index in [-0.39, 0.29) is 29.9 Å². The number of rotatable bonds is 4. The molecule has 1 saturated carbocycles. The second-order valence-corrected chi connectivity index (χ2v) is 8.93. The number of carbonyl (C=O) groups is 2. The third-order valence-electron chi connectivity index (χ3n) is 7.42. The van der Waals surface area contributed by atoms with E-state index < -0.39 is 0 Å². The molecule has 0 N–H and O–H groups in total. The Morgan fingerprint density at radius 1 is 1.17 bits per heavy atom. The molecule has 1 aromatic heterocycles. The Morgan fingerprint density at radius 2 is 1.93 bits per heavy atom. The van der Waals surface area contributed by atoms with Gasteiger partial charge in [-0.2, -0.15) is 0 Å². The topological polar surface area (TPSA) is 56.8 Å². The zero-order chi connectivity index (χ0) is 20.4. The number of pyridine rings is 1. The molecule has 3 atom stereocenters. The van der Waals surface area contributed by atoms with Gasteiger partial charge >= 0.3 is 0 Å². The molecule has 2 aliphatic heterocycles. The van der Waals surface area contributed by atoms with E-state index in [2.05, 4.69) is 16.8 Å². The first-order valence-electron chi connectivity index (χ1n) is 11.3. The number of nitrogens with zero attached hydrogens (tertiary/aromatic N) is 4. The van der Waals surface area contributed by atoms with Crippen LogP contribution in [0, 0.1) is 5.92 Å². The predicted molar refractivity (Wildman–Crippen MR) is 112 cm³/mol. The highest BCUT2D eigenvalue weighted by atomic mass is 16.2. The van der Waals surface area contributed by atoms with Crippen LogP contribution in [0.15, 0.2) is 24.5 Å². The van der Waals surface area contributed by atoms with Crippen LogP contribution in [0.5, 0.6) is 0 Å². The molecule has 4 rings (SSSR count). The fourth-order valence-electron chi connectivity index (χ4n) is 5.65. The highest BCUT2D eigenvalue weighted by Crippen LogP contribution is 2.41. The van der Waals surface area contributed by atoms with Crippen molar-refractivity contribution in [1.82, 2.24) is 19.7 Å². The van der Waals surface area contributed by atoms with Crippen molar-refractivity contribution in [2.45, 2.75) is 70.0 Å². The number of piperidine rings is 1. The van der Waals surface area contributed by atoms with E-state index in [1.165, 1.54) is 6.42 Å². The Morgan fingerprint density at radius 3 is 2.62 bits per heavy atom. The van der Waals surface area contributed by atoms with Crippen molar-refractivity contribution in [3.05, 3.63) is 30.1 Å². The van der Waals surface area contributed by atoms with Crippen LogP contribution in [0.25, 0.3) is 0 Å². The lowest BCUT2D eigenvalue weighted by atomic mass is 9.84. The molecule has 2 amide bonds. The summed E-state index contributed by atoms with van der Waals surface area (Å²) in [5, 5.41) is 0. The van der Waals surface area contributed by atoms with E-state index in [0.717, 1.165) is 58.2 Å². The number of aromatic nitrogens is 1. The van der Waals surface area contributed by atoms with Crippen LogP contribution in [-0.2, 0) is 4.79 Å². The lowest BCUT2D eigenvalue weighted by Crippen LogP contribution is -2.53. The largest absolute Gasteiger partial charge is 0.341 e. The van der Waals surface area contributed by atoms with Gasteiger partial charge in [-0.15, -0.1) is 0 Å². The fraction of sp³-hybridized carbons (Fsp3) is 0.696. The van der Waals surface area contributed by atoms with Crippen LogP contribution in [-0.4, -0.2) is 76.3 Å². The maximum absolute atomic E-state index is 13.6. The van der Waals surface area contributed by atoms with Gasteiger partial charge in [0.05, 0.1) is 5.56 Å². The summed E-state index contributed by atoms with van der Waals surface area (Å²) in [5.41, 5.74) is 0.593. The van der Waals surface area contributed by atoms with Crippen molar-refractivity contribution >= 4 is 11.8 Å². The van der Waals surface area contributed by atoms with Crippen molar-refractivity contribution in [3.8, 4) is 0 Å². The van der Waals surface area contributed by atoms with Crippen molar-refractivity contribution in [2.24, 2.45) is 5.92 Å². The van der Waals surface area contributed by atoms with Gasteiger partial charge in [0.25, 0.3) is 5.91 Å². The minimum absolute atomic E-state index is 0.0277. The summed E-state index contributed by atoms with van der Waals surface area (Å²) in [6, 6.07) is 3.76. The van der Waals surface area contributed by atoms with E-state index in [1.54, 1.807) is 18.5 Å². The molecule has 0 radical (unpaired) electrons. The van der Waals surface area contributed by atoms with Crippen molar-refractivity contribution in [2.75, 3.05) is 26.7 Å². The average molecular weight is 399 g/mol. The Hall–Kier alpha value is -1.95. The average Bonchev–Trinajstić information content (AvgIpc) is 3.17. The minimum Gasteiger partial charge on any atom is -0.341 e. The summed E-state index contributed by atoms with van der Waals surface area (Å²) in [6.07, 6.45) is 10.7. The molecule has 1 aromatic rings. The quantitative estimate of drug-likeness (QED) is 0.783. The molecular formula is C23H34N4O2. The summed E-state index contributed by atoms with van der Waals surface area (Å²) in [7, 11) is 1.95. The lowest BCUT2D eigenvalue weighted by Gasteiger charge is -2.39. The molecule has 6 nitrogen and oxygen atoms in total. The van der Waals surface area contributed by atoms with Crippen LogP contribution in [0.2, 0.25) is 0 Å². The highest BCUT2D eigenvalue weighted by Gasteiger charge is 2.48. The van der Waals surface area contributed by atoms with Gasteiger partial charge in [-0.25, -0.2) is 0 Å². The highest BCUT2D eigenvalue weighted by molar-refractivity contribution is 5.98. The molecule has 158 valence electrons. The molecule has 29 heavy (non-hydrogen) atoms. The van der Waals surface area contributed by atoms with Crippen LogP contribution >= 0.6 is 0 Å². The maximum Gasteiger partial charge on any atom is 0.256 e. The molecule has 0 bridgehead atoms. The first-order valence-corrected chi connectivity index (χ1v) is 11.3. The van der Waals surface area contributed by atoms with E-state index in [1.807, 2.05) is 22.9 Å². The molecule has 6 heteroatoms. The SMILES string of the molecule is CCN1CCC(N(C)C(=O)[C@@H]2C[C@@H]3CCCC[C@@H]3N2C(=O)c2cccnc2)CC1. The third-order valence-corrected chi connectivity index (χ3v) is 7.42. The van der Waals surface area contributed by atoms with E-state index in [0.29, 0.717) is 11.5 Å². The van der Waals surface area contributed by atoms with E-state index in [4.69, 9.17) is 0 Å². The number of hydrogen-bond acceptors (Lipinski definition) is 4. The Kier molecular flexibility index (Phi) is 6.18. The second-order valence-electron chi connectivity index (χ2n) is 8.93. The van der Waals surface area contributed by atoms with E-state index >= 15 is 0 Å². The second kappa shape index (κ2) is 8.82. The fourth-order valence-corrected chi connectivity index (χ4v) is 5.65. The van der Waals surface area contributed by atoms with Gasteiger partial charge in [0.1, 0.15) is 6.04 Å². The molecule has 0 spiro atoms. The van der Waals surface area contributed by atoms with Gasteiger partial charge in [0.15, 0.2) is 0 Å². The Labute approximate surface area is 174 Å². The minimum atomic E-state index is -0.329. The number of carbonyl (C=O) groups excluding carboxylic acids is 2. The molecule has 3 heterocycles. The molecule has 1 aliphatic carbocycles. The smallest absolute Gasteiger partial charge is 0.256 e. The van der Waals surface area contributed by atoms with Crippen LogP contribution < -0.4 is 0 Å². The number of amides is 2. The van der Waals surface area contributed by atoms with Crippen LogP contribution in [0.4, 0.5) is 0 Å². The lowest BCUT2D eigenvalue weighted by molar-refractivity contribution is -0.137. The summed E-state index contributed by atoms with van der Waals surface area (Å²) in [5.74, 6) is 0.556. The van der Waals surface area contributed by atoms with Gasteiger partial charge in [-0.1, -0.05) is 19.8 Å². The standard InChI is InChI=1S/C23H34N4O2/c1-3-26-13-10-19(11-14-26)25(2)23(29)21-15-17-7-4-5-9-20(17)27(21)22(28)18-8-6-12-24-16-18/h6,8,12,16-17,19-21H,3-5,7,9-11,13-15H2,1-2H3/t17-,20-,21-/m0/s1. The zero-order valence-electron chi connectivity index (χ0n) is 17.8. The summed E-state index contributed by atoms with van der Waals surface area (Å²) in [4.78, 5) is 37.5. The molecule has 0 unspecified atom stereocenters. The normalized spacial score (nSPS) is 28.2. The number of likely N-dealkylation sites (N-methyl/N-ethyl adjacent to an activating group) is 1. The predicted octanol–water partition coefficient (Wildman–Crippen LogP) is 2.80. The maximum atomic E-state index is 13.6. The zero-order valence-corrected chi connectivity index (χ0v) is 17.8. The van der Waals surface area contributed by atoms with Gasteiger partial charge in [-0.3, -0.25) is 14.6 Å². The van der Waals surface area contributed by atoms with Gasteiger partial charge in [-0.05, 0) is 56.7 Å². The molecule has 3 fully saturated rings. The first-order chi connectivity index (χ1) is 14.1. The molecule has 2 saturated heterocycles. The summed E-state index contributed by atoms with van der Waals surface area (Å²) in [6.45, 7) is 5.36. The van der Waals surface area contributed by atoms with E-state index in [9.17, 15) is 9.59 Å². The van der Waals surface area contributed by atoms with Gasteiger partial charge in [0, 0.05) is 44.6 Å². The summed E-state index contributed by atoms with van der Waals surface area (Å²) < 4.78 is 0. The monoisotopic (exact) mass is 398 g/mol. The van der Waals surface area contributed by atoms with Crippen LogP contribution in [0.3, 0.4) is 0 Å². The van der Waals surface area contributed by atoms with Crippen molar-refractivity contribution < 1.29 is 9.59 Å². The Balaban J connectivity index is 1.53. The number of likely N-dealkylation sites (tertiary alicyclic amines) is 2. The van der Waals surface area contributed by atoms with Gasteiger partial charge < -0.3 is 14.7 Å². The molecular weight excluding hydrogens is 364 g/mol. The van der Waals surface area contributed by atoms with Crippen molar-refractivity contribution in [3.63, 3.8) is 0 Å². The molecule has 0 aromatic carbocycles. The van der Waals surface area contributed by atoms with Gasteiger partial charge in [0.2, 0.25) is 5.91 Å². The molecule has 3 aliphatic rings. The first kappa shape index (κ1) is 20.3. The van der Waals surface area contributed by atoms with Crippen molar-refractivity contribution in [1.29, 1.82) is 0 Å².